The number of alkyl halides is 3. The Morgan fingerprint density at radius 2 is 1.23 bits per heavy atom. The van der Waals surface area contributed by atoms with Gasteiger partial charge in [0.15, 0.2) is 0 Å². The van der Waals surface area contributed by atoms with Crippen molar-refractivity contribution in [2.45, 2.75) is 83.8 Å². The number of benzene rings is 2. The smallest absolute Gasteiger partial charge is 0.416 e. The van der Waals surface area contributed by atoms with Gasteiger partial charge in [0.1, 0.15) is 23.7 Å². The van der Waals surface area contributed by atoms with Crippen LogP contribution in [0.25, 0.3) is 0 Å². The summed E-state index contributed by atoms with van der Waals surface area (Å²) in [5.41, 5.74) is -0.718. The Morgan fingerprint density at radius 1 is 0.744 bits per heavy atom. The Balaban J connectivity index is 2.37. The standard InChI is InChI=1S/C31H40F3N3O6/c1-19(2)16-25(28(40)42-6)36-26(38)23(17-20-10-8-7-9-11-20)35-27(39)24(37-29(41)43-30(3,4)5)18-21-12-14-22(15-13-21)31(32,33)34/h7-15,19,23-25H,16-18H2,1-6H3,(H,35,39)(H,36,38)(H,37,41)/t23-,24-,25-/m1/s1. The van der Waals surface area contributed by atoms with Gasteiger partial charge >= 0.3 is 18.2 Å². The first kappa shape index (κ1) is 35.1. The summed E-state index contributed by atoms with van der Waals surface area (Å²) < 4.78 is 49.3. The number of methoxy groups -OCH3 is 1. The molecule has 0 spiro atoms. The van der Waals surface area contributed by atoms with E-state index in [0.717, 1.165) is 12.1 Å². The van der Waals surface area contributed by atoms with Crippen LogP contribution < -0.4 is 16.0 Å². The van der Waals surface area contributed by atoms with E-state index in [1.807, 2.05) is 13.8 Å². The lowest BCUT2D eigenvalue weighted by Crippen LogP contribution is -2.57. The normalized spacial score (nSPS) is 13.8. The van der Waals surface area contributed by atoms with E-state index in [2.05, 4.69) is 16.0 Å². The Bertz CT molecular complexity index is 1230. The third-order valence-electron chi connectivity index (χ3n) is 6.15. The van der Waals surface area contributed by atoms with Crippen molar-refractivity contribution in [3.63, 3.8) is 0 Å². The number of rotatable bonds is 12. The average molecular weight is 608 g/mol. The fourth-order valence-corrected chi connectivity index (χ4v) is 4.16. The molecule has 0 heterocycles. The minimum Gasteiger partial charge on any atom is -0.467 e. The SMILES string of the molecule is COC(=O)[C@@H](CC(C)C)NC(=O)[C@@H](Cc1ccccc1)NC(=O)[C@@H](Cc1ccc(C(F)(F)F)cc1)NC(=O)OC(C)(C)C. The topological polar surface area (TPSA) is 123 Å². The third kappa shape index (κ3) is 12.4. The molecule has 2 aromatic carbocycles. The van der Waals surface area contributed by atoms with Crippen LogP contribution in [0.4, 0.5) is 18.0 Å². The van der Waals surface area contributed by atoms with Gasteiger partial charge in [-0.05, 0) is 56.4 Å². The summed E-state index contributed by atoms with van der Waals surface area (Å²) in [6, 6.07) is 9.56. The van der Waals surface area contributed by atoms with Gasteiger partial charge in [-0.2, -0.15) is 13.2 Å². The Morgan fingerprint density at radius 3 is 1.70 bits per heavy atom. The summed E-state index contributed by atoms with van der Waals surface area (Å²) in [6.07, 6.45) is -5.32. The van der Waals surface area contributed by atoms with Crippen LogP contribution in [0.3, 0.4) is 0 Å². The van der Waals surface area contributed by atoms with Crippen molar-refractivity contribution in [1.29, 1.82) is 0 Å². The first-order valence-corrected chi connectivity index (χ1v) is 13.9. The molecular formula is C31H40F3N3O6. The minimum atomic E-state index is -4.54. The maximum Gasteiger partial charge on any atom is 0.416 e. The lowest BCUT2D eigenvalue weighted by Gasteiger charge is -2.26. The summed E-state index contributed by atoms with van der Waals surface area (Å²) in [5.74, 6) is -2.03. The second kappa shape index (κ2) is 15.4. The number of ether oxygens (including phenoxy) is 2. The molecule has 0 unspecified atom stereocenters. The van der Waals surface area contributed by atoms with Gasteiger partial charge in [0, 0.05) is 12.8 Å². The lowest BCUT2D eigenvalue weighted by atomic mass is 10.0. The van der Waals surface area contributed by atoms with Crippen LogP contribution in [0.15, 0.2) is 54.6 Å². The zero-order valence-electron chi connectivity index (χ0n) is 25.2. The molecule has 0 aliphatic carbocycles. The molecule has 0 bridgehead atoms. The largest absolute Gasteiger partial charge is 0.467 e. The summed E-state index contributed by atoms with van der Waals surface area (Å²) in [7, 11) is 1.21. The van der Waals surface area contributed by atoms with Crippen LogP contribution >= 0.6 is 0 Å². The van der Waals surface area contributed by atoms with Crippen molar-refractivity contribution in [2.75, 3.05) is 7.11 Å². The molecule has 3 N–H and O–H groups in total. The fourth-order valence-electron chi connectivity index (χ4n) is 4.16. The summed E-state index contributed by atoms with van der Waals surface area (Å²) in [6.45, 7) is 8.64. The van der Waals surface area contributed by atoms with E-state index in [-0.39, 0.29) is 18.8 Å². The molecule has 43 heavy (non-hydrogen) atoms. The quantitative estimate of drug-likeness (QED) is 0.304. The number of esters is 1. The molecule has 2 rings (SSSR count). The molecule has 3 atom stereocenters. The number of nitrogens with one attached hydrogen (secondary N) is 3. The average Bonchev–Trinajstić information content (AvgIpc) is 2.90. The molecule has 3 amide bonds. The molecule has 9 nitrogen and oxygen atoms in total. The molecule has 0 saturated heterocycles. The van der Waals surface area contributed by atoms with E-state index in [1.165, 1.54) is 19.2 Å². The first-order valence-electron chi connectivity index (χ1n) is 13.9. The summed E-state index contributed by atoms with van der Waals surface area (Å²) >= 11 is 0. The zero-order chi connectivity index (χ0) is 32.4. The van der Waals surface area contributed by atoms with Gasteiger partial charge in [0.2, 0.25) is 11.8 Å². The summed E-state index contributed by atoms with van der Waals surface area (Å²) in [5, 5.41) is 7.78. The van der Waals surface area contributed by atoms with Gasteiger partial charge in [0.25, 0.3) is 0 Å². The highest BCUT2D eigenvalue weighted by Crippen LogP contribution is 2.29. The van der Waals surface area contributed by atoms with Crippen LogP contribution in [-0.2, 0) is 42.9 Å². The van der Waals surface area contributed by atoms with Crippen molar-refractivity contribution in [3.8, 4) is 0 Å². The van der Waals surface area contributed by atoms with Gasteiger partial charge in [0.05, 0.1) is 12.7 Å². The van der Waals surface area contributed by atoms with E-state index in [9.17, 15) is 32.3 Å². The molecular weight excluding hydrogens is 567 g/mol. The van der Waals surface area contributed by atoms with Crippen molar-refractivity contribution >= 4 is 23.9 Å². The predicted molar refractivity (Wildman–Crippen MR) is 154 cm³/mol. The van der Waals surface area contributed by atoms with Gasteiger partial charge in [-0.1, -0.05) is 56.3 Å². The summed E-state index contributed by atoms with van der Waals surface area (Å²) in [4.78, 5) is 52.1. The highest BCUT2D eigenvalue weighted by atomic mass is 19.4. The molecule has 0 fully saturated rings. The van der Waals surface area contributed by atoms with Gasteiger partial charge < -0.3 is 25.4 Å². The fraction of sp³-hybridized carbons (Fsp3) is 0.484. The van der Waals surface area contributed by atoms with Crippen LogP contribution in [-0.4, -0.2) is 54.7 Å². The van der Waals surface area contributed by atoms with Crippen molar-refractivity contribution in [2.24, 2.45) is 5.92 Å². The molecule has 0 saturated carbocycles. The van der Waals surface area contributed by atoms with E-state index in [1.54, 1.807) is 51.1 Å². The number of hydrogen-bond donors (Lipinski definition) is 3. The second-order valence-corrected chi connectivity index (χ2v) is 11.6. The van der Waals surface area contributed by atoms with E-state index in [4.69, 9.17) is 9.47 Å². The van der Waals surface area contributed by atoms with Crippen LogP contribution in [0.5, 0.6) is 0 Å². The van der Waals surface area contributed by atoms with Crippen molar-refractivity contribution in [1.82, 2.24) is 16.0 Å². The zero-order valence-corrected chi connectivity index (χ0v) is 25.2. The van der Waals surface area contributed by atoms with E-state index < -0.39 is 59.3 Å². The monoisotopic (exact) mass is 607 g/mol. The highest BCUT2D eigenvalue weighted by Gasteiger charge is 2.33. The van der Waals surface area contributed by atoms with E-state index >= 15 is 0 Å². The number of carbonyl (C=O) groups is 4. The second-order valence-electron chi connectivity index (χ2n) is 11.6. The van der Waals surface area contributed by atoms with Gasteiger partial charge in [-0.15, -0.1) is 0 Å². The van der Waals surface area contributed by atoms with Gasteiger partial charge in [-0.3, -0.25) is 9.59 Å². The molecule has 236 valence electrons. The van der Waals surface area contributed by atoms with Crippen LogP contribution in [0.1, 0.15) is 57.7 Å². The van der Waals surface area contributed by atoms with E-state index in [0.29, 0.717) is 17.5 Å². The van der Waals surface area contributed by atoms with Crippen molar-refractivity contribution in [3.05, 3.63) is 71.3 Å². The predicted octanol–water partition coefficient (Wildman–Crippen LogP) is 4.57. The molecule has 0 radical (unpaired) electrons. The number of hydrogen-bond acceptors (Lipinski definition) is 6. The van der Waals surface area contributed by atoms with Gasteiger partial charge in [-0.25, -0.2) is 9.59 Å². The van der Waals surface area contributed by atoms with Crippen molar-refractivity contribution < 1.29 is 41.8 Å². The number of amides is 3. The Labute approximate surface area is 249 Å². The number of carbonyl (C=O) groups excluding carboxylic acids is 4. The lowest BCUT2D eigenvalue weighted by molar-refractivity contribution is -0.146. The third-order valence-corrected chi connectivity index (χ3v) is 6.15. The maximum atomic E-state index is 13.6. The Kier molecular flexibility index (Phi) is 12.6. The van der Waals surface area contributed by atoms with Crippen LogP contribution in [0.2, 0.25) is 0 Å². The molecule has 0 aliphatic rings. The minimum absolute atomic E-state index is 0.0395. The highest BCUT2D eigenvalue weighted by molar-refractivity contribution is 5.93. The maximum absolute atomic E-state index is 13.6. The first-order chi connectivity index (χ1) is 20.0. The molecule has 12 heteroatoms. The molecule has 0 aromatic heterocycles. The molecule has 0 aliphatic heterocycles. The Hall–Kier alpha value is -4.09. The van der Waals surface area contributed by atoms with Crippen LogP contribution in [0, 0.1) is 5.92 Å². The number of alkyl carbamates (subject to hydrolysis) is 1. The molecule has 2 aromatic rings. The number of halogens is 3.